The molecule has 2 aromatic heterocycles. The van der Waals surface area contributed by atoms with Crippen molar-refractivity contribution in [1.82, 2.24) is 24.7 Å². The van der Waals surface area contributed by atoms with Crippen molar-refractivity contribution in [2.24, 2.45) is 0 Å². The highest BCUT2D eigenvalue weighted by atomic mass is 15.3. The van der Waals surface area contributed by atoms with Gasteiger partial charge in [-0.3, -0.25) is 4.68 Å². The third-order valence-corrected chi connectivity index (χ3v) is 3.58. The Hall–Kier alpha value is -2.18. The molecule has 1 aliphatic rings. The second-order valence-corrected chi connectivity index (χ2v) is 5.22. The molecule has 0 aromatic carbocycles. The Morgan fingerprint density at radius 3 is 2.71 bits per heavy atom. The van der Waals surface area contributed by atoms with Crippen molar-refractivity contribution < 1.29 is 0 Å². The fourth-order valence-corrected chi connectivity index (χ4v) is 2.49. The molecule has 7 heteroatoms. The predicted octanol–water partition coefficient (Wildman–Crippen LogP) is 1.79. The van der Waals surface area contributed by atoms with Gasteiger partial charge in [0.1, 0.15) is 0 Å². The van der Waals surface area contributed by atoms with Crippen LogP contribution in [0, 0.1) is 0 Å². The first-order valence-corrected chi connectivity index (χ1v) is 7.51. The van der Waals surface area contributed by atoms with E-state index in [2.05, 4.69) is 37.2 Å². The first kappa shape index (κ1) is 13.8. The second kappa shape index (κ2) is 6.07. The van der Waals surface area contributed by atoms with E-state index in [9.17, 15) is 0 Å². The average molecular weight is 287 g/mol. The number of nitrogens with zero attached hydrogens (tertiary/aromatic N) is 6. The summed E-state index contributed by atoms with van der Waals surface area (Å²) in [5.74, 6) is 2.04. The van der Waals surface area contributed by atoms with Gasteiger partial charge in [-0.15, -0.1) is 0 Å². The number of anilines is 2. The second-order valence-electron chi connectivity index (χ2n) is 5.22. The monoisotopic (exact) mass is 287 g/mol. The van der Waals surface area contributed by atoms with Crippen LogP contribution in [0.2, 0.25) is 0 Å². The predicted molar refractivity (Wildman–Crippen MR) is 82.3 cm³/mol. The smallest absolute Gasteiger partial charge is 0.230 e. The largest absolute Gasteiger partial charge is 0.357 e. The molecule has 3 rings (SSSR count). The lowest BCUT2D eigenvalue weighted by atomic mass is 10.3. The molecule has 1 saturated heterocycles. The lowest BCUT2D eigenvalue weighted by Crippen LogP contribution is -2.21. The summed E-state index contributed by atoms with van der Waals surface area (Å²) in [5, 5.41) is 7.36. The molecule has 3 heterocycles. The van der Waals surface area contributed by atoms with Crippen molar-refractivity contribution >= 4 is 11.9 Å². The molecular weight excluding hydrogens is 266 g/mol. The Morgan fingerprint density at radius 1 is 1.19 bits per heavy atom. The lowest BCUT2D eigenvalue weighted by Gasteiger charge is -2.16. The summed E-state index contributed by atoms with van der Waals surface area (Å²) in [6.07, 6.45) is 7.26. The lowest BCUT2D eigenvalue weighted by molar-refractivity contribution is 0.603. The van der Waals surface area contributed by atoms with Gasteiger partial charge >= 0.3 is 0 Å². The molecule has 0 amide bonds. The van der Waals surface area contributed by atoms with Crippen LogP contribution in [-0.4, -0.2) is 44.9 Å². The number of nitrogens with one attached hydrogen (secondary N) is 1. The van der Waals surface area contributed by atoms with Gasteiger partial charge in [-0.25, -0.2) is 0 Å². The molecule has 0 aliphatic carbocycles. The van der Waals surface area contributed by atoms with Gasteiger partial charge in [0.2, 0.25) is 11.9 Å². The summed E-state index contributed by atoms with van der Waals surface area (Å²) in [6.45, 7) is 5.07. The summed E-state index contributed by atoms with van der Waals surface area (Å²) < 4.78 is 1.92. The minimum absolute atomic E-state index is 0.602. The maximum absolute atomic E-state index is 4.62. The van der Waals surface area contributed by atoms with Crippen LogP contribution in [0.5, 0.6) is 0 Å². The number of aromatic nitrogens is 5. The van der Waals surface area contributed by atoms with Crippen molar-refractivity contribution in [3.8, 4) is 11.4 Å². The van der Waals surface area contributed by atoms with E-state index in [0.717, 1.165) is 37.6 Å². The third-order valence-electron chi connectivity index (χ3n) is 3.58. The summed E-state index contributed by atoms with van der Waals surface area (Å²) in [7, 11) is 1.83. The molecule has 21 heavy (non-hydrogen) atoms. The van der Waals surface area contributed by atoms with Crippen LogP contribution in [0.15, 0.2) is 12.4 Å². The van der Waals surface area contributed by atoms with E-state index >= 15 is 0 Å². The topological polar surface area (TPSA) is 71.8 Å². The van der Waals surface area contributed by atoms with Crippen LogP contribution < -0.4 is 10.2 Å². The highest BCUT2D eigenvalue weighted by molar-refractivity contribution is 5.56. The average Bonchev–Trinajstić information content (AvgIpc) is 3.18. The van der Waals surface area contributed by atoms with Gasteiger partial charge in [0, 0.05) is 32.9 Å². The first-order valence-electron chi connectivity index (χ1n) is 7.51. The van der Waals surface area contributed by atoms with Gasteiger partial charge in [0.05, 0.1) is 11.8 Å². The van der Waals surface area contributed by atoms with Crippen LogP contribution >= 0.6 is 0 Å². The zero-order valence-corrected chi connectivity index (χ0v) is 12.6. The molecule has 0 unspecified atom stereocenters. The first-order chi connectivity index (χ1) is 10.3. The Labute approximate surface area is 124 Å². The van der Waals surface area contributed by atoms with E-state index in [4.69, 9.17) is 0 Å². The molecule has 0 bridgehead atoms. The van der Waals surface area contributed by atoms with Gasteiger partial charge in [-0.2, -0.15) is 20.1 Å². The summed E-state index contributed by atoms with van der Waals surface area (Å²) in [4.78, 5) is 15.7. The van der Waals surface area contributed by atoms with Crippen LogP contribution in [-0.2, 0) is 6.54 Å². The Balaban J connectivity index is 1.94. The van der Waals surface area contributed by atoms with Crippen LogP contribution in [0.1, 0.15) is 26.2 Å². The Bertz CT molecular complexity index is 601. The minimum Gasteiger partial charge on any atom is -0.357 e. The summed E-state index contributed by atoms with van der Waals surface area (Å²) >= 11 is 0. The SMILES string of the molecule is CCCn1cc(-c2nc(NC)nc(N3CCCC3)n2)cn1. The zero-order chi connectivity index (χ0) is 14.7. The van der Waals surface area contributed by atoms with Crippen molar-refractivity contribution in [2.45, 2.75) is 32.7 Å². The van der Waals surface area contributed by atoms with Gasteiger partial charge in [0.15, 0.2) is 5.82 Å². The van der Waals surface area contributed by atoms with Gasteiger partial charge in [-0.05, 0) is 19.3 Å². The van der Waals surface area contributed by atoms with Crippen molar-refractivity contribution in [2.75, 3.05) is 30.4 Å². The molecule has 112 valence electrons. The van der Waals surface area contributed by atoms with E-state index < -0.39 is 0 Å². The minimum atomic E-state index is 0.602. The molecule has 1 fully saturated rings. The number of hydrogen-bond donors (Lipinski definition) is 1. The molecule has 2 aromatic rings. The number of aryl methyl sites for hydroxylation is 1. The van der Waals surface area contributed by atoms with E-state index in [1.807, 2.05) is 24.1 Å². The Kier molecular flexibility index (Phi) is 3.98. The van der Waals surface area contributed by atoms with Crippen molar-refractivity contribution in [3.05, 3.63) is 12.4 Å². The molecule has 1 N–H and O–H groups in total. The normalized spacial score (nSPS) is 14.7. The number of hydrogen-bond acceptors (Lipinski definition) is 6. The highest BCUT2D eigenvalue weighted by Crippen LogP contribution is 2.21. The third kappa shape index (κ3) is 2.96. The standard InChI is InChI=1S/C14H21N7/c1-3-6-21-10-11(9-16-21)12-17-13(15-2)19-14(18-12)20-7-4-5-8-20/h9-10H,3-8H2,1-2H3,(H,15,17,18,19). The van der Waals surface area contributed by atoms with Crippen molar-refractivity contribution in [1.29, 1.82) is 0 Å². The van der Waals surface area contributed by atoms with Crippen LogP contribution in [0.3, 0.4) is 0 Å². The summed E-state index contributed by atoms with van der Waals surface area (Å²) in [5.41, 5.74) is 0.933. The Morgan fingerprint density at radius 2 is 2.00 bits per heavy atom. The van der Waals surface area contributed by atoms with Crippen molar-refractivity contribution in [3.63, 3.8) is 0 Å². The fourth-order valence-electron chi connectivity index (χ4n) is 2.49. The van der Waals surface area contributed by atoms with Crippen LogP contribution in [0.4, 0.5) is 11.9 Å². The molecule has 1 aliphatic heterocycles. The van der Waals surface area contributed by atoms with E-state index in [1.54, 1.807) is 0 Å². The molecule has 0 radical (unpaired) electrons. The van der Waals surface area contributed by atoms with E-state index in [1.165, 1.54) is 12.8 Å². The molecular formula is C14H21N7. The molecule has 0 saturated carbocycles. The van der Waals surface area contributed by atoms with E-state index in [0.29, 0.717) is 11.8 Å². The maximum atomic E-state index is 4.62. The maximum Gasteiger partial charge on any atom is 0.230 e. The van der Waals surface area contributed by atoms with Gasteiger partial charge in [0.25, 0.3) is 0 Å². The molecule has 0 atom stereocenters. The molecule has 7 nitrogen and oxygen atoms in total. The number of rotatable bonds is 5. The zero-order valence-electron chi connectivity index (χ0n) is 12.6. The van der Waals surface area contributed by atoms with Crippen LogP contribution in [0.25, 0.3) is 11.4 Å². The van der Waals surface area contributed by atoms with Gasteiger partial charge < -0.3 is 10.2 Å². The highest BCUT2D eigenvalue weighted by Gasteiger charge is 2.18. The van der Waals surface area contributed by atoms with Gasteiger partial charge in [-0.1, -0.05) is 6.92 Å². The molecule has 0 spiro atoms. The van der Waals surface area contributed by atoms with E-state index in [-0.39, 0.29) is 0 Å². The quantitative estimate of drug-likeness (QED) is 0.904. The summed E-state index contributed by atoms with van der Waals surface area (Å²) in [6, 6.07) is 0. The fraction of sp³-hybridized carbons (Fsp3) is 0.571.